The number of pyridine rings is 1. The third-order valence-electron chi connectivity index (χ3n) is 6.65. The van der Waals surface area contributed by atoms with E-state index in [0.29, 0.717) is 36.3 Å². The minimum atomic E-state index is -5.58. The normalized spacial score (nSPS) is 18.5. The van der Waals surface area contributed by atoms with Crippen LogP contribution in [0.25, 0.3) is 0 Å². The average Bonchev–Trinajstić information content (AvgIpc) is 3.03. The molecular formula is C24H25F3N4O5S. The summed E-state index contributed by atoms with van der Waals surface area (Å²) in [7, 11) is -5.58. The summed E-state index contributed by atoms with van der Waals surface area (Å²) in [4.78, 5) is 46.6. The number of imide groups is 1. The van der Waals surface area contributed by atoms with Gasteiger partial charge < -0.3 is 9.80 Å². The number of amides is 4. The molecule has 0 aliphatic carbocycles. The second kappa shape index (κ2) is 9.43. The molecule has 0 spiro atoms. The number of rotatable bonds is 5. The molecular weight excluding hydrogens is 513 g/mol. The molecule has 2 saturated heterocycles. The maximum Gasteiger partial charge on any atom is 0.501 e. The Morgan fingerprint density at radius 3 is 2.24 bits per heavy atom. The van der Waals surface area contributed by atoms with Crippen LogP contribution in [0.15, 0.2) is 47.6 Å². The first-order valence-electron chi connectivity index (χ1n) is 11.6. The fourth-order valence-corrected chi connectivity index (χ4v) is 5.19. The molecule has 0 bridgehead atoms. The van der Waals surface area contributed by atoms with Gasteiger partial charge in [-0.15, -0.1) is 0 Å². The summed E-state index contributed by atoms with van der Waals surface area (Å²) in [5, 5.41) is 0. The quantitative estimate of drug-likeness (QED) is 0.537. The number of aromatic nitrogens is 1. The molecule has 0 unspecified atom stereocenters. The van der Waals surface area contributed by atoms with Crippen LogP contribution < -0.4 is 4.90 Å². The van der Waals surface area contributed by atoms with Gasteiger partial charge in [-0.3, -0.25) is 14.6 Å². The van der Waals surface area contributed by atoms with Crippen molar-refractivity contribution in [1.82, 2.24) is 14.8 Å². The van der Waals surface area contributed by atoms with Gasteiger partial charge in [0.25, 0.3) is 21.7 Å². The van der Waals surface area contributed by atoms with Crippen LogP contribution >= 0.6 is 0 Å². The molecule has 2 aromatic rings. The van der Waals surface area contributed by atoms with Crippen molar-refractivity contribution in [3.63, 3.8) is 0 Å². The van der Waals surface area contributed by atoms with E-state index in [1.165, 1.54) is 31.1 Å². The van der Waals surface area contributed by atoms with Crippen LogP contribution in [0.1, 0.15) is 49.0 Å². The van der Waals surface area contributed by atoms with E-state index >= 15 is 0 Å². The molecule has 198 valence electrons. The molecule has 2 aliphatic rings. The third-order valence-corrected chi connectivity index (χ3v) is 8.15. The Morgan fingerprint density at radius 2 is 1.65 bits per heavy atom. The lowest BCUT2D eigenvalue weighted by atomic mass is 10.0. The highest BCUT2D eigenvalue weighted by Gasteiger charge is 2.52. The highest BCUT2D eigenvalue weighted by Crippen LogP contribution is 2.36. The molecule has 13 heteroatoms. The van der Waals surface area contributed by atoms with Crippen molar-refractivity contribution >= 4 is 33.4 Å². The van der Waals surface area contributed by atoms with Gasteiger partial charge in [-0.25, -0.2) is 18.1 Å². The fraction of sp³-hybridized carbons (Fsp3) is 0.417. The number of halogens is 3. The first-order valence-corrected chi connectivity index (χ1v) is 13.0. The molecule has 2 aliphatic heterocycles. The van der Waals surface area contributed by atoms with E-state index in [1.54, 1.807) is 11.0 Å². The number of hydrogen-bond acceptors (Lipinski definition) is 6. The Balaban J connectivity index is 1.62. The Kier molecular flexibility index (Phi) is 6.78. The van der Waals surface area contributed by atoms with Crippen LogP contribution in [0.3, 0.4) is 0 Å². The molecule has 37 heavy (non-hydrogen) atoms. The molecule has 1 aromatic heterocycles. The Morgan fingerprint density at radius 1 is 1.03 bits per heavy atom. The van der Waals surface area contributed by atoms with Crippen molar-refractivity contribution in [1.29, 1.82) is 0 Å². The number of nitrogens with zero attached hydrogens (tertiary/aromatic N) is 4. The van der Waals surface area contributed by atoms with E-state index in [2.05, 4.69) is 4.98 Å². The van der Waals surface area contributed by atoms with Gasteiger partial charge in [0.2, 0.25) is 0 Å². The summed E-state index contributed by atoms with van der Waals surface area (Å²) in [6.45, 7) is 4.18. The second-order valence-electron chi connectivity index (χ2n) is 9.40. The molecule has 9 nitrogen and oxygen atoms in total. The Labute approximate surface area is 211 Å². The predicted octanol–water partition coefficient (Wildman–Crippen LogP) is 3.75. The van der Waals surface area contributed by atoms with Crippen molar-refractivity contribution in [2.24, 2.45) is 0 Å². The van der Waals surface area contributed by atoms with Gasteiger partial charge in [0.05, 0.1) is 16.1 Å². The number of carbonyl (C=O) groups excluding carboxylic acids is 3. The maximum absolute atomic E-state index is 13.4. The van der Waals surface area contributed by atoms with E-state index in [-0.39, 0.29) is 18.1 Å². The van der Waals surface area contributed by atoms with Gasteiger partial charge in [-0.1, -0.05) is 0 Å². The van der Waals surface area contributed by atoms with E-state index in [9.17, 15) is 36.0 Å². The predicted molar refractivity (Wildman–Crippen MR) is 126 cm³/mol. The lowest BCUT2D eigenvalue weighted by Crippen LogP contribution is -2.44. The molecule has 1 aromatic carbocycles. The molecule has 0 radical (unpaired) electrons. The molecule has 4 rings (SSSR count). The minimum Gasteiger partial charge on any atom is -0.339 e. The standard InChI is InChI=1S/C24H25F3N4O5S/c1-23(2)21(33)31(17-6-8-18(9-7-17)37(35,36)24(25,26)27)22(34)30(23)15-16-10-11-28-14-19(16)20(32)29-12-4-3-5-13-29/h6-11,14H,3-5,12-13,15H2,1-2H3. The number of sulfone groups is 1. The monoisotopic (exact) mass is 538 g/mol. The van der Waals surface area contributed by atoms with Gasteiger partial charge >= 0.3 is 11.5 Å². The zero-order valence-corrected chi connectivity index (χ0v) is 21.0. The summed E-state index contributed by atoms with van der Waals surface area (Å²) in [5.74, 6) is -0.862. The molecule has 2 fully saturated rings. The summed E-state index contributed by atoms with van der Waals surface area (Å²) >= 11 is 0. The highest BCUT2D eigenvalue weighted by atomic mass is 32.2. The third kappa shape index (κ3) is 4.67. The number of piperidine rings is 1. The molecule has 0 saturated carbocycles. The van der Waals surface area contributed by atoms with Crippen LogP contribution in [0, 0.1) is 0 Å². The van der Waals surface area contributed by atoms with E-state index < -0.39 is 37.7 Å². The van der Waals surface area contributed by atoms with Gasteiger partial charge in [0, 0.05) is 32.0 Å². The van der Waals surface area contributed by atoms with Crippen molar-refractivity contribution in [2.45, 2.75) is 55.6 Å². The molecule has 4 amide bonds. The Bertz CT molecular complexity index is 1340. The van der Waals surface area contributed by atoms with Crippen LogP contribution in [0.5, 0.6) is 0 Å². The van der Waals surface area contributed by atoms with E-state index in [4.69, 9.17) is 0 Å². The first-order chi connectivity index (χ1) is 17.3. The first kappa shape index (κ1) is 26.6. The lowest BCUT2D eigenvalue weighted by Gasteiger charge is -2.30. The van der Waals surface area contributed by atoms with E-state index in [1.807, 2.05) is 0 Å². The summed E-state index contributed by atoms with van der Waals surface area (Å²) in [6.07, 6.45) is 5.74. The van der Waals surface area contributed by atoms with Crippen LogP contribution in [-0.2, 0) is 21.2 Å². The topological polar surface area (TPSA) is 108 Å². The lowest BCUT2D eigenvalue weighted by molar-refractivity contribution is -0.123. The van der Waals surface area contributed by atoms with Gasteiger partial charge in [0.15, 0.2) is 0 Å². The summed E-state index contributed by atoms with van der Waals surface area (Å²) in [5.41, 5.74) is -6.11. The van der Waals surface area contributed by atoms with E-state index in [0.717, 1.165) is 36.3 Å². The van der Waals surface area contributed by atoms with Crippen molar-refractivity contribution in [3.05, 3.63) is 53.9 Å². The number of benzene rings is 1. The number of urea groups is 1. The molecule has 3 heterocycles. The average molecular weight is 539 g/mol. The Hall–Kier alpha value is -3.48. The maximum atomic E-state index is 13.4. The van der Waals surface area contributed by atoms with Gasteiger partial charge in [0.1, 0.15) is 5.54 Å². The number of anilines is 1. The van der Waals surface area contributed by atoms with Gasteiger partial charge in [-0.2, -0.15) is 13.2 Å². The van der Waals surface area contributed by atoms with Crippen LogP contribution in [0.4, 0.5) is 23.7 Å². The van der Waals surface area contributed by atoms with Crippen molar-refractivity contribution in [2.75, 3.05) is 18.0 Å². The highest BCUT2D eigenvalue weighted by molar-refractivity contribution is 7.92. The zero-order chi connectivity index (χ0) is 27.2. The SMILES string of the molecule is CC1(C)C(=O)N(c2ccc(S(=O)(=O)C(F)(F)F)cc2)C(=O)N1Cc1ccncc1C(=O)N1CCCCC1. The number of alkyl halides is 3. The zero-order valence-electron chi connectivity index (χ0n) is 20.2. The van der Waals surface area contributed by atoms with Crippen molar-refractivity contribution < 1.29 is 36.0 Å². The van der Waals surface area contributed by atoms with Crippen LogP contribution in [0.2, 0.25) is 0 Å². The number of hydrogen-bond donors (Lipinski definition) is 0. The number of carbonyl (C=O) groups is 3. The molecule has 0 N–H and O–H groups in total. The van der Waals surface area contributed by atoms with Crippen LogP contribution in [-0.4, -0.2) is 65.2 Å². The van der Waals surface area contributed by atoms with Gasteiger partial charge in [-0.05, 0) is 69.0 Å². The summed E-state index contributed by atoms with van der Waals surface area (Å²) in [6, 6.07) is 4.20. The second-order valence-corrected chi connectivity index (χ2v) is 11.3. The van der Waals surface area contributed by atoms with Crippen molar-refractivity contribution in [3.8, 4) is 0 Å². The smallest absolute Gasteiger partial charge is 0.339 e. The largest absolute Gasteiger partial charge is 0.501 e. The minimum absolute atomic E-state index is 0.0777. The number of likely N-dealkylation sites (tertiary alicyclic amines) is 1. The fourth-order valence-electron chi connectivity index (χ4n) is 4.43. The molecule has 0 atom stereocenters. The summed E-state index contributed by atoms with van der Waals surface area (Å²) < 4.78 is 61.9.